The standard InChI is InChI=1S/C26H26N6O4/c1-17-8-7-11-32-21(17)27-22(31-14-12-30(13-15-31)18-9-5-4-6-10-18)19(25(32)35)16-20-23(33)28(2)26(36)29(3)24(20)34/h4-11,16H,12-15H2,1-3H3. The number of carbonyl (C=O) groups is 3. The SMILES string of the molecule is Cc1cccn2c(=O)c(C=C3C(=O)N(C)C(=O)N(C)C3=O)c(N3CCN(c4ccccc4)CC3)nc12. The van der Waals surface area contributed by atoms with Gasteiger partial charge in [-0.15, -0.1) is 0 Å². The number of likely N-dealkylation sites (N-methyl/N-ethyl adjacent to an activating group) is 2. The second kappa shape index (κ2) is 8.95. The molecule has 36 heavy (non-hydrogen) atoms. The van der Waals surface area contributed by atoms with Crippen molar-refractivity contribution in [1.82, 2.24) is 19.2 Å². The molecular formula is C26H26N6O4. The Labute approximate surface area is 207 Å². The third-order valence-corrected chi connectivity index (χ3v) is 6.70. The lowest BCUT2D eigenvalue weighted by atomic mass is 10.1. The van der Waals surface area contributed by atoms with E-state index in [0.29, 0.717) is 37.6 Å². The molecule has 3 aromatic rings. The highest BCUT2D eigenvalue weighted by Gasteiger charge is 2.38. The molecule has 5 rings (SSSR count). The van der Waals surface area contributed by atoms with Gasteiger partial charge in [-0.3, -0.25) is 28.6 Å². The van der Waals surface area contributed by atoms with Gasteiger partial charge in [-0.05, 0) is 36.8 Å². The number of piperazine rings is 1. The second-order valence-electron chi connectivity index (χ2n) is 8.92. The Kier molecular flexibility index (Phi) is 5.79. The molecule has 0 saturated carbocycles. The monoisotopic (exact) mass is 486 g/mol. The van der Waals surface area contributed by atoms with Crippen molar-refractivity contribution in [3.63, 3.8) is 0 Å². The number of aromatic nitrogens is 2. The zero-order valence-electron chi connectivity index (χ0n) is 20.3. The third-order valence-electron chi connectivity index (χ3n) is 6.70. The number of rotatable bonds is 3. The number of hydrogen-bond acceptors (Lipinski definition) is 7. The van der Waals surface area contributed by atoms with E-state index in [0.717, 1.165) is 21.1 Å². The molecule has 0 unspecified atom stereocenters. The summed E-state index contributed by atoms with van der Waals surface area (Å²) in [4.78, 5) is 62.4. The van der Waals surface area contributed by atoms with Crippen LogP contribution >= 0.6 is 0 Å². The maximum absolute atomic E-state index is 13.7. The normalized spacial score (nSPS) is 16.9. The molecule has 0 atom stereocenters. The molecule has 0 aliphatic carbocycles. The Bertz CT molecular complexity index is 1450. The zero-order chi connectivity index (χ0) is 25.6. The number of carbonyl (C=O) groups excluding carboxylic acids is 3. The quantitative estimate of drug-likeness (QED) is 0.411. The van der Waals surface area contributed by atoms with Gasteiger partial charge in [-0.2, -0.15) is 0 Å². The summed E-state index contributed by atoms with van der Waals surface area (Å²) < 4.78 is 1.42. The van der Waals surface area contributed by atoms with Crippen molar-refractivity contribution in [3.05, 3.63) is 75.7 Å². The van der Waals surface area contributed by atoms with Gasteiger partial charge in [0.05, 0.1) is 5.56 Å². The van der Waals surface area contributed by atoms with Crippen molar-refractivity contribution in [2.24, 2.45) is 0 Å². The maximum Gasteiger partial charge on any atom is 0.333 e. The summed E-state index contributed by atoms with van der Waals surface area (Å²) in [6.45, 7) is 4.50. The molecule has 4 amide bonds. The van der Waals surface area contributed by atoms with Gasteiger partial charge in [-0.1, -0.05) is 24.3 Å². The van der Waals surface area contributed by atoms with Crippen molar-refractivity contribution >= 4 is 41.1 Å². The van der Waals surface area contributed by atoms with Crippen molar-refractivity contribution in [1.29, 1.82) is 0 Å². The van der Waals surface area contributed by atoms with Crippen molar-refractivity contribution in [2.75, 3.05) is 50.1 Å². The molecule has 2 aliphatic rings. The highest BCUT2D eigenvalue weighted by Crippen LogP contribution is 2.25. The number of fused-ring (bicyclic) bond motifs is 1. The van der Waals surface area contributed by atoms with E-state index in [1.165, 1.54) is 24.6 Å². The number of barbiturate groups is 1. The van der Waals surface area contributed by atoms with E-state index in [1.807, 2.05) is 36.1 Å². The number of imide groups is 2. The smallest absolute Gasteiger partial charge is 0.333 e. The summed E-state index contributed by atoms with van der Waals surface area (Å²) >= 11 is 0. The number of hydrogen-bond donors (Lipinski definition) is 0. The molecule has 0 N–H and O–H groups in total. The summed E-state index contributed by atoms with van der Waals surface area (Å²) in [7, 11) is 2.61. The number of para-hydroxylation sites is 1. The summed E-state index contributed by atoms with van der Waals surface area (Å²) in [6.07, 6.45) is 2.90. The largest absolute Gasteiger partial charge is 0.368 e. The summed E-state index contributed by atoms with van der Waals surface area (Å²) in [6, 6.07) is 13.0. The summed E-state index contributed by atoms with van der Waals surface area (Å²) in [5.41, 5.74) is 1.95. The van der Waals surface area contributed by atoms with Gasteiger partial charge in [-0.25, -0.2) is 9.78 Å². The van der Waals surface area contributed by atoms with Gasteiger partial charge in [0.15, 0.2) is 0 Å². The third kappa shape index (κ3) is 3.80. The molecule has 184 valence electrons. The van der Waals surface area contributed by atoms with E-state index in [-0.39, 0.29) is 16.7 Å². The lowest BCUT2D eigenvalue weighted by Gasteiger charge is -2.37. The van der Waals surface area contributed by atoms with Crippen LogP contribution in [-0.2, 0) is 9.59 Å². The van der Waals surface area contributed by atoms with E-state index in [9.17, 15) is 19.2 Å². The van der Waals surface area contributed by atoms with Gasteiger partial charge < -0.3 is 9.80 Å². The number of benzene rings is 1. The van der Waals surface area contributed by atoms with Crippen molar-refractivity contribution in [2.45, 2.75) is 6.92 Å². The summed E-state index contributed by atoms with van der Waals surface area (Å²) in [5, 5.41) is 0. The number of aryl methyl sites for hydroxylation is 1. The van der Waals surface area contributed by atoms with Gasteiger partial charge in [0.1, 0.15) is 17.0 Å². The Morgan fingerprint density at radius 1 is 0.806 bits per heavy atom. The highest BCUT2D eigenvalue weighted by atomic mass is 16.2. The fraction of sp³-hybridized carbons (Fsp3) is 0.269. The minimum atomic E-state index is -0.753. The molecule has 0 radical (unpaired) electrons. The fourth-order valence-corrected chi connectivity index (χ4v) is 4.60. The lowest BCUT2D eigenvalue weighted by molar-refractivity contribution is -0.134. The van der Waals surface area contributed by atoms with Crippen LogP contribution in [0.15, 0.2) is 59.0 Å². The van der Waals surface area contributed by atoms with Gasteiger partial charge in [0.25, 0.3) is 17.4 Å². The molecule has 0 spiro atoms. The van der Waals surface area contributed by atoms with Crippen LogP contribution in [0.3, 0.4) is 0 Å². The first-order chi connectivity index (χ1) is 17.3. The van der Waals surface area contributed by atoms with Crippen LogP contribution in [0.1, 0.15) is 11.1 Å². The average Bonchev–Trinajstić information content (AvgIpc) is 2.91. The van der Waals surface area contributed by atoms with Crippen LogP contribution in [0.25, 0.3) is 11.7 Å². The topological polar surface area (TPSA) is 98.5 Å². The van der Waals surface area contributed by atoms with Crippen LogP contribution in [-0.4, -0.2) is 77.3 Å². The first-order valence-corrected chi connectivity index (χ1v) is 11.7. The van der Waals surface area contributed by atoms with Gasteiger partial charge >= 0.3 is 6.03 Å². The Balaban J connectivity index is 1.61. The Hall–Kier alpha value is -4.47. The van der Waals surface area contributed by atoms with Crippen LogP contribution < -0.4 is 15.4 Å². The molecule has 2 fully saturated rings. The van der Waals surface area contributed by atoms with E-state index in [4.69, 9.17) is 4.98 Å². The molecular weight excluding hydrogens is 460 g/mol. The molecule has 0 bridgehead atoms. The zero-order valence-corrected chi connectivity index (χ0v) is 20.3. The summed E-state index contributed by atoms with van der Waals surface area (Å²) in [5.74, 6) is -1.09. The van der Waals surface area contributed by atoms with Crippen LogP contribution in [0, 0.1) is 6.92 Å². The molecule has 10 heteroatoms. The lowest BCUT2D eigenvalue weighted by Crippen LogP contribution is -2.53. The van der Waals surface area contributed by atoms with Crippen molar-refractivity contribution < 1.29 is 14.4 Å². The van der Waals surface area contributed by atoms with Gasteiger partial charge in [0.2, 0.25) is 0 Å². The second-order valence-corrected chi connectivity index (χ2v) is 8.92. The predicted octanol–water partition coefficient (Wildman–Crippen LogP) is 1.76. The highest BCUT2D eigenvalue weighted by molar-refractivity contribution is 6.30. The molecule has 2 aromatic heterocycles. The number of nitrogens with zero attached hydrogens (tertiary/aromatic N) is 6. The fourth-order valence-electron chi connectivity index (χ4n) is 4.60. The molecule has 2 aliphatic heterocycles. The van der Waals surface area contributed by atoms with Crippen LogP contribution in [0.4, 0.5) is 16.3 Å². The Morgan fingerprint density at radius 2 is 1.42 bits per heavy atom. The predicted molar refractivity (Wildman–Crippen MR) is 136 cm³/mol. The Morgan fingerprint density at radius 3 is 2.06 bits per heavy atom. The van der Waals surface area contributed by atoms with Crippen LogP contribution in [0.2, 0.25) is 0 Å². The maximum atomic E-state index is 13.7. The number of pyridine rings is 1. The van der Waals surface area contributed by atoms with Crippen molar-refractivity contribution in [3.8, 4) is 0 Å². The molecule has 10 nitrogen and oxygen atoms in total. The average molecular weight is 487 g/mol. The number of urea groups is 1. The minimum absolute atomic E-state index is 0.138. The van der Waals surface area contributed by atoms with Gasteiger partial charge in [0, 0.05) is 52.2 Å². The number of anilines is 2. The first kappa shape index (κ1) is 23.3. The van der Waals surface area contributed by atoms with E-state index >= 15 is 0 Å². The molecule has 2 saturated heterocycles. The van der Waals surface area contributed by atoms with E-state index < -0.39 is 17.8 Å². The van der Waals surface area contributed by atoms with E-state index in [2.05, 4.69) is 17.0 Å². The minimum Gasteiger partial charge on any atom is -0.368 e. The van der Waals surface area contributed by atoms with E-state index in [1.54, 1.807) is 12.3 Å². The number of amides is 4. The molecule has 4 heterocycles. The van der Waals surface area contributed by atoms with Crippen LogP contribution in [0.5, 0.6) is 0 Å². The first-order valence-electron chi connectivity index (χ1n) is 11.7. The molecule has 1 aromatic carbocycles.